The molecule has 0 spiro atoms. The number of sulfonamides is 1. The number of hydrogen-bond acceptors (Lipinski definition) is 5. The Morgan fingerprint density at radius 3 is 2.42 bits per heavy atom. The van der Waals surface area contributed by atoms with Gasteiger partial charge in [-0.05, 0) is 37.3 Å². The number of methoxy groups -OCH3 is 1. The van der Waals surface area contributed by atoms with Crippen molar-refractivity contribution in [3.63, 3.8) is 0 Å². The highest BCUT2D eigenvalue weighted by Gasteiger charge is 2.30. The van der Waals surface area contributed by atoms with Crippen molar-refractivity contribution in [2.24, 2.45) is 0 Å². The number of ketones is 1. The molecule has 26 heavy (non-hydrogen) atoms. The fourth-order valence-electron chi connectivity index (χ4n) is 2.20. The lowest BCUT2D eigenvalue weighted by Crippen LogP contribution is -2.35. The molecule has 0 aliphatic carbocycles. The Balaban J connectivity index is 2.48. The number of esters is 1. The molecule has 0 bridgehead atoms. The van der Waals surface area contributed by atoms with Crippen LogP contribution in [-0.2, 0) is 19.6 Å². The van der Waals surface area contributed by atoms with Crippen molar-refractivity contribution in [3.05, 3.63) is 65.2 Å². The van der Waals surface area contributed by atoms with E-state index in [0.717, 1.165) is 25.3 Å². The smallest absolute Gasteiger partial charge is 0.328 e. The maximum atomic E-state index is 14.0. The van der Waals surface area contributed by atoms with E-state index in [1.54, 1.807) is 0 Å². The maximum Gasteiger partial charge on any atom is 0.328 e. The molecule has 138 valence electrons. The van der Waals surface area contributed by atoms with Crippen molar-refractivity contribution in [1.29, 1.82) is 0 Å². The summed E-state index contributed by atoms with van der Waals surface area (Å²) in [7, 11) is -3.36. The molecular formula is C17H15F2NO5S. The molecule has 0 aliphatic rings. The van der Waals surface area contributed by atoms with Crippen LogP contribution in [0.5, 0.6) is 0 Å². The number of benzene rings is 2. The molecule has 0 unspecified atom stereocenters. The summed E-state index contributed by atoms with van der Waals surface area (Å²) in [5.41, 5.74) is -0.387. The molecule has 9 heteroatoms. The first-order valence-corrected chi connectivity index (χ1v) is 8.80. The van der Waals surface area contributed by atoms with Gasteiger partial charge in [0.25, 0.3) is 0 Å². The van der Waals surface area contributed by atoms with Crippen LogP contribution in [0.25, 0.3) is 0 Å². The second-order valence-electron chi connectivity index (χ2n) is 5.33. The van der Waals surface area contributed by atoms with Gasteiger partial charge in [0, 0.05) is 11.1 Å². The summed E-state index contributed by atoms with van der Waals surface area (Å²) in [6, 6.07) is 5.58. The molecule has 1 N–H and O–H groups in total. The minimum atomic E-state index is -4.34. The van der Waals surface area contributed by atoms with Gasteiger partial charge in [-0.25, -0.2) is 22.0 Å². The average molecular weight is 383 g/mol. The molecule has 0 amide bonds. The SMILES string of the molecule is COC(=O)[C@H](NS(=O)(=O)c1cccc(C(C)=O)c1)c1cc(F)ccc1F. The van der Waals surface area contributed by atoms with E-state index in [-0.39, 0.29) is 16.2 Å². The zero-order valence-corrected chi connectivity index (χ0v) is 14.6. The van der Waals surface area contributed by atoms with Gasteiger partial charge in [0.2, 0.25) is 10.0 Å². The van der Waals surface area contributed by atoms with Gasteiger partial charge in [-0.3, -0.25) is 4.79 Å². The van der Waals surface area contributed by atoms with Crippen LogP contribution in [0.4, 0.5) is 8.78 Å². The summed E-state index contributed by atoms with van der Waals surface area (Å²) in [6.45, 7) is 1.26. The molecule has 0 radical (unpaired) electrons. The zero-order valence-electron chi connectivity index (χ0n) is 13.8. The van der Waals surface area contributed by atoms with Gasteiger partial charge < -0.3 is 4.74 Å². The number of Topliss-reactive ketones (excluding diaryl/α,β-unsaturated/α-hetero) is 1. The number of nitrogens with one attached hydrogen (secondary N) is 1. The van der Waals surface area contributed by atoms with Gasteiger partial charge in [-0.2, -0.15) is 4.72 Å². The van der Waals surface area contributed by atoms with E-state index in [2.05, 4.69) is 4.74 Å². The van der Waals surface area contributed by atoms with Crippen molar-refractivity contribution < 1.29 is 31.5 Å². The first-order chi connectivity index (χ1) is 12.2. The first kappa shape index (κ1) is 19.7. The molecular weight excluding hydrogens is 368 g/mol. The van der Waals surface area contributed by atoms with E-state index in [1.807, 2.05) is 4.72 Å². The number of hydrogen-bond donors (Lipinski definition) is 1. The lowest BCUT2D eigenvalue weighted by atomic mass is 10.1. The van der Waals surface area contributed by atoms with Gasteiger partial charge in [0.15, 0.2) is 5.78 Å². The highest BCUT2D eigenvalue weighted by atomic mass is 32.2. The first-order valence-electron chi connectivity index (χ1n) is 7.32. The van der Waals surface area contributed by atoms with E-state index in [4.69, 9.17) is 0 Å². The Labute approximate surface area is 148 Å². The van der Waals surface area contributed by atoms with Crippen molar-refractivity contribution in [1.82, 2.24) is 4.72 Å². The third-order valence-corrected chi connectivity index (χ3v) is 4.95. The van der Waals surface area contributed by atoms with E-state index >= 15 is 0 Å². The quantitative estimate of drug-likeness (QED) is 0.611. The van der Waals surface area contributed by atoms with Crippen LogP contribution < -0.4 is 4.72 Å². The molecule has 0 heterocycles. The Morgan fingerprint density at radius 2 is 1.81 bits per heavy atom. The molecule has 2 aromatic rings. The Hall–Kier alpha value is -2.65. The van der Waals surface area contributed by atoms with Crippen LogP contribution in [0.3, 0.4) is 0 Å². The third kappa shape index (κ3) is 4.30. The predicted molar refractivity (Wildman–Crippen MR) is 87.9 cm³/mol. The summed E-state index contributed by atoms with van der Waals surface area (Å²) in [6.07, 6.45) is 0. The minimum absolute atomic E-state index is 0.138. The van der Waals surface area contributed by atoms with Crippen LogP contribution in [0, 0.1) is 11.6 Å². The fraction of sp³-hybridized carbons (Fsp3) is 0.176. The fourth-order valence-corrected chi connectivity index (χ4v) is 3.41. The van der Waals surface area contributed by atoms with E-state index in [0.29, 0.717) is 6.07 Å². The minimum Gasteiger partial charge on any atom is -0.468 e. The summed E-state index contributed by atoms with van der Waals surface area (Å²) in [5, 5.41) is 0. The molecule has 2 aromatic carbocycles. The van der Waals surface area contributed by atoms with Crippen LogP contribution >= 0.6 is 0 Å². The molecule has 0 aromatic heterocycles. The lowest BCUT2D eigenvalue weighted by Gasteiger charge is -2.18. The van der Waals surface area contributed by atoms with E-state index in [9.17, 15) is 26.8 Å². The zero-order chi connectivity index (χ0) is 19.5. The molecule has 1 atom stereocenters. The van der Waals surface area contributed by atoms with Crippen LogP contribution in [0.2, 0.25) is 0 Å². The largest absolute Gasteiger partial charge is 0.468 e. The van der Waals surface area contributed by atoms with Crippen molar-refractivity contribution in [2.45, 2.75) is 17.9 Å². The number of ether oxygens (including phenoxy) is 1. The van der Waals surface area contributed by atoms with Gasteiger partial charge in [0.05, 0.1) is 12.0 Å². The average Bonchev–Trinajstić information content (AvgIpc) is 2.61. The molecule has 0 saturated carbocycles. The predicted octanol–water partition coefficient (Wildman–Crippen LogP) is 2.36. The number of halogens is 2. The standard InChI is InChI=1S/C17H15F2NO5S/c1-10(21)11-4-3-5-13(8-11)26(23,24)20-16(17(22)25-2)14-9-12(18)6-7-15(14)19/h3-9,16,20H,1-2H3/t16-/m1/s1. The summed E-state index contributed by atoms with van der Waals surface area (Å²) in [4.78, 5) is 23.1. The topological polar surface area (TPSA) is 89.5 Å². The van der Waals surface area contributed by atoms with Crippen molar-refractivity contribution >= 4 is 21.8 Å². The Bertz CT molecular complexity index is 959. The summed E-state index contributed by atoms with van der Waals surface area (Å²) in [5.74, 6) is -3.32. The van der Waals surface area contributed by atoms with Gasteiger partial charge >= 0.3 is 5.97 Å². The van der Waals surface area contributed by atoms with Crippen LogP contribution in [0.1, 0.15) is 28.9 Å². The Morgan fingerprint density at radius 1 is 1.12 bits per heavy atom. The molecule has 0 saturated heterocycles. The highest BCUT2D eigenvalue weighted by Crippen LogP contribution is 2.23. The van der Waals surface area contributed by atoms with Gasteiger partial charge in [0.1, 0.15) is 17.7 Å². The normalized spacial score (nSPS) is 12.5. The van der Waals surface area contributed by atoms with Crippen molar-refractivity contribution in [2.75, 3.05) is 7.11 Å². The number of carbonyl (C=O) groups excluding carboxylic acids is 2. The highest BCUT2D eigenvalue weighted by molar-refractivity contribution is 7.89. The van der Waals surface area contributed by atoms with E-state index < -0.39 is 39.2 Å². The molecule has 2 rings (SSSR count). The summed E-state index contributed by atoms with van der Waals surface area (Å²) >= 11 is 0. The second-order valence-corrected chi connectivity index (χ2v) is 7.04. The van der Waals surface area contributed by atoms with E-state index in [1.165, 1.54) is 25.1 Å². The molecule has 0 fully saturated rings. The lowest BCUT2D eigenvalue weighted by molar-refractivity contribution is -0.142. The van der Waals surface area contributed by atoms with Gasteiger partial charge in [-0.15, -0.1) is 0 Å². The summed E-state index contributed by atoms with van der Waals surface area (Å²) < 4.78 is 59.1. The van der Waals surface area contributed by atoms with Crippen LogP contribution in [0.15, 0.2) is 47.4 Å². The van der Waals surface area contributed by atoms with Gasteiger partial charge in [-0.1, -0.05) is 12.1 Å². The number of rotatable bonds is 6. The molecule has 0 aliphatic heterocycles. The second kappa shape index (κ2) is 7.71. The Kier molecular flexibility index (Phi) is 5.83. The van der Waals surface area contributed by atoms with Crippen molar-refractivity contribution in [3.8, 4) is 0 Å². The molecule has 6 nitrogen and oxygen atoms in total. The maximum absolute atomic E-state index is 14.0. The third-order valence-electron chi connectivity index (χ3n) is 3.53. The monoisotopic (exact) mass is 383 g/mol. The van der Waals surface area contributed by atoms with Crippen LogP contribution in [-0.4, -0.2) is 27.3 Å². The number of carbonyl (C=O) groups is 2.